The molecule has 0 bridgehead atoms. The maximum atomic E-state index is 12.2. The predicted octanol–water partition coefficient (Wildman–Crippen LogP) is 3.56. The average Bonchev–Trinajstić information content (AvgIpc) is 2.80. The van der Waals surface area contributed by atoms with Crippen LogP contribution in [0.2, 0.25) is 0 Å². The van der Waals surface area contributed by atoms with E-state index in [1.807, 2.05) is 12.1 Å². The summed E-state index contributed by atoms with van der Waals surface area (Å²) in [7, 11) is 0. The number of ether oxygens (including phenoxy) is 1. The zero-order valence-corrected chi connectivity index (χ0v) is 10.7. The molecule has 2 aliphatic rings. The molecular formula is C16H20O2. The van der Waals surface area contributed by atoms with Crippen molar-refractivity contribution >= 4 is 5.78 Å². The van der Waals surface area contributed by atoms with Crippen LogP contribution in [0.4, 0.5) is 0 Å². The monoisotopic (exact) mass is 244 g/mol. The summed E-state index contributed by atoms with van der Waals surface area (Å²) in [5, 5.41) is 0. The number of rotatable bonds is 4. The zero-order valence-electron chi connectivity index (χ0n) is 10.7. The maximum absolute atomic E-state index is 12.2. The fraction of sp³-hybridized carbons (Fsp3) is 0.562. The van der Waals surface area contributed by atoms with E-state index in [2.05, 4.69) is 12.1 Å². The first-order chi connectivity index (χ1) is 8.83. The highest BCUT2D eigenvalue weighted by atomic mass is 16.5. The standard InChI is InChI=1S/C16H20O2/c17-16(9-12-7-8-18-11-12)15-6-2-5-14(10-15)13-3-1-4-13/h2,5-6,10,12-13H,1,3-4,7-9,11H2. The Morgan fingerprint density at radius 2 is 2.17 bits per heavy atom. The molecule has 2 nitrogen and oxygen atoms in total. The Morgan fingerprint density at radius 1 is 1.28 bits per heavy atom. The van der Waals surface area contributed by atoms with Crippen LogP contribution in [-0.2, 0) is 4.74 Å². The molecular weight excluding hydrogens is 224 g/mol. The summed E-state index contributed by atoms with van der Waals surface area (Å²) >= 11 is 0. The average molecular weight is 244 g/mol. The molecule has 1 aromatic carbocycles. The van der Waals surface area contributed by atoms with Gasteiger partial charge < -0.3 is 4.74 Å². The molecule has 0 spiro atoms. The minimum Gasteiger partial charge on any atom is -0.381 e. The fourth-order valence-corrected chi connectivity index (χ4v) is 2.83. The van der Waals surface area contributed by atoms with Crippen LogP contribution in [0.3, 0.4) is 0 Å². The molecule has 1 saturated heterocycles. The number of benzene rings is 1. The van der Waals surface area contributed by atoms with Crippen LogP contribution in [0, 0.1) is 5.92 Å². The van der Waals surface area contributed by atoms with Crippen LogP contribution in [-0.4, -0.2) is 19.0 Å². The van der Waals surface area contributed by atoms with Gasteiger partial charge in [0.2, 0.25) is 0 Å². The van der Waals surface area contributed by atoms with Crippen LogP contribution in [0.5, 0.6) is 0 Å². The Balaban J connectivity index is 1.68. The number of hydrogen-bond donors (Lipinski definition) is 0. The number of carbonyl (C=O) groups excluding carboxylic acids is 1. The third kappa shape index (κ3) is 2.49. The lowest BCUT2D eigenvalue weighted by Crippen LogP contribution is -2.11. The molecule has 2 fully saturated rings. The quantitative estimate of drug-likeness (QED) is 0.757. The molecule has 0 N–H and O–H groups in total. The second-order valence-corrected chi connectivity index (χ2v) is 5.61. The lowest BCUT2D eigenvalue weighted by molar-refractivity contribution is 0.0952. The van der Waals surface area contributed by atoms with Gasteiger partial charge in [0.15, 0.2) is 5.78 Å². The van der Waals surface area contributed by atoms with Gasteiger partial charge in [0.05, 0.1) is 0 Å². The third-order valence-corrected chi connectivity index (χ3v) is 4.28. The Morgan fingerprint density at radius 3 is 2.83 bits per heavy atom. The molecule has 2 heteroatoms. The smallest absolute Gasteiger partial charge is 0.163 e. The first-order valence-corrected chi connectivity index (χ1v) is 7.04. The lowest BCUT2D eigenvalue weighted by atomic mass is 9.79. The topological polar surface area (TPSA) is 26.3 Å². The van der Waals surface area contributed by atoms with Crippen molar-refractivity contribution in [3.8, 4) is 0 Å². The molecule has 1 saturated carbocycles. The van der Waals surface area contributed by atoms with Gasteiger partial charge in [-0.25, -0.2) is 0 Å². The van der Waals surface area contributed by atoms with E-state index in [4.69, 9.17) is 4.74 Å². The van der Waals surface area contributed by atoms with Crippen molar-refractivity contribution in [3.63, 3.8) is 0 Å². The van der Waals surface area contributed by atoms with Crippen molar-refractivity contribution in [1.82, 2.24) is 0 Å². The summed E-state index contributed by atoms with van der Waals surface area (Å²) in [6, 6.07) is 8.27. The SMILES string of the molecule is O=C(CC1CCOC1)c1cccc(C2CCC2)c1. The first-order valence-electron chi connectivity index (χ1n) is 7.04. The van der Waals surface area contributed by atoms with E-state index in [0.717, 1.165) is 25.2 Å². The van der Waals surface area contributed by atoms with Crippen LogP contribution < -0.4 is 0 Å². The first kappa shape index (κ1) is 11.9. The van der Waals surface area contributed by atoms with Crippen molar-refractivity contribution in [2.75, 3.05) is 13.2 Å². The molecule has 0 aromatic heterocycles. The number of carbonyl (C=O) groups is 1. The second kappa shape index (κ2) is 5.23. The van der Waals surface area contributed by atoms with E-state index >= 15 is 0 Å². The van der Waals surface area contributed by atoms with E-state index in [1.54, 1.807) is 0 Å². The predicted molar refractivity (Wildman–Crippen MR) is 70.9 cm³/mol. The van der Waals surface area contributed by atoms with Crippen molar-refractivity contribution in [2.45, 2.75) is 38.0 Å². The maximum Gasteiger partial charge on any atom is 0.163 e. The van der Waals surface area contributed by atoms with Gasteiger partial charge in [-0.15, -0.1) is 0 Å². The highest BCUT2D eigenvalue weighted by molar-refractivity contribution is 5.96. The van der Waals surface area contributed by atoms with E-state index < -0.39 is 0 Å². The van der Waals surface area contributed by atoms with Crippen molar-refractivity contribution in [1.29, 1.82) is 0 Å². The van der Waals surface area contributed by atoms with Crippen molar-refractivity contribution in [2.24, 2.45) is 5.92 Å². The highest BCUT2D eigenvalue weighted by Gasteiger charge is 2.22. The Hall–Kier alpha value is -1.15. The Bertz CT molecular complexity index is 428. The van der Waals surface area contributed by atoms with E-state index in [-0.39, 0.29) is 5.78 Å². The number of hydrogen-bond acceptors (Lipinski definition) is 2. The van der Waals surface area contributed by atoms with E-state index in [0.29, 0.717) is 18.3 Å². The summed E-state index contributed by atoms with van der Waals surface area (Å²) in [6.45, 7) is 1.58. The molecule has 1 aliphatic carbocycles. The fourth-order valence-electron chi connectivity index (χ4n) is 2.83. The molecule has 1 unspecified atom stereocenters. The summed E-state index contributed by atoms with van der Waals surface area (Å²) in [6.07, 6.45) is 5.59. The molecule has 3 rings (SSSR count). The second-order valence-electron chi connectivity index (χ2n) is 5.61. The number of Topliss-reactive ketones (excluding diaryl/α,β-unsaturated/α-hetero) is 1. The zero-order chi connectivity index (χ0) is 12.4. The van der Waals surface area contributed by atoms with Crippen molar-refractivity contribution < 1.29 is 9.53 Å². The van der Waals surface area contributed by atoms with Crippen LogP contribution in [0.25, 0.3) is 0 Å². The molecule has 1 atom stereocenters. The molecule has 96 valence electrons. The normalized spacial score (nSPS) is 23.9. The molecule has 0 radical (unpaired) electrons. The Kier molecular flexibility index (Phi) is 3.46. The summed E-state index contributed by atoms with van der Waals surface area (Å²) < 4.78 is 5.33. The summed E-state index contributed by atoms with van der Waals surface area (Å²) in [5.74, 6) is 1.42. The van der Waals surface area contributed by atoms with Gasteiger partial charge in [0.25, 0.3) is 0 Å². The van der Waals surface area contributed by atoms with Crippen LogP contribution >= 0.6 is 0 Å². The Labute approximate surface area is 108 Å². The van der Waals surface area contributed by atoms with Crippen molar-refractivity contribution in [3.05, 3.63) is 35.4 Å². The van der Waals surface area contributed by atoms with Gasteiger partial charge in [0.1, 0.15) is 0 Å². The van der Waals surface area contributed by atoms with E-state index in [9.17, 15) is 4.79 Å². The molecule has 1 heterocycles. The van der Waals surface area contributed by atoms with Gasteiger partial charge in [-0.1, -0.05) is 24.6 Å². The van der Waals surface area contributed by atoms with E-state index in [1.165, 1.54) is 24.8 Å². The largest absolute Gasteiger partial charge is 0.381 e. The lowest BCUT2D eigenvalue weighted by Gasteiger charge is -2.26. The van der Waals surface area contributed by atoms with Crippen LogP contribution in [0.1, 0.15) is 53.9 Å². The molecule has 1 aliphatic heterocycles. The van der Waals surface area contributed by atoms with Gasteiger partial charge in [-0.2, -0.15) is 0 Å². The van der Waals surface area contributed by atoms with Gasteiger partial charge in [-0.3, -0.25) is 4.79 Å². The number of ketones is 1. The minimum atomic E-state index is 0.284. The van der Waals surface area contributed by atoms with Gasteiger partial charge >= 0.3 is 0 Å². The summed E-state index contributed by atoms with van der Waals surface area (Å²) in [5.41, 5.74) is 2.25. The third-order valence-electron chi connectivity index (χ3n) is 4.28. The van der Waals surface area contributed by atoms with Gasteiger partial charge in [-0.05, 0) is 42.7 Å². The highest BCUT2D eigenvalue weighted by Crippen LogP contribution is 2.36. The summed E-state index contributed by atoms with van der Waals surface area (Å²) in [4.78, 5) is 12.2. The van der Waals surface area contributed by atoms with Gasteiger partial charge in [0, 0.05) is 25.2 Å². The minimum absolute atomic E-state index is 0.284. The molecule has 0 amide bonds. The molecule has 18 heavy (non-hydrogen) atoms. The molecule has 1 aromatic rings. The van der Waals surface area contributed by atoms with Crippen LogP contribution in [0.15, 0.2) is 24.3 Å².